The van der Waals surface area contributed by atoms with Crippen molar-refractivity contribution in [3.8, 4) is 11.5 Å². The van der Waals surface area contributed by atoms with Gasteiger partial charge in [-0.2, -0.15) is 5.10 Å². The van der Waals surface area contributed by atoms with Gasteiger partial charge in [0, 0.05) is 12.1 Å². The van der Waals surface area contributed by atoms with E-state index in [4.69, 9.17) is 14.6 Å². The minimum atomic E-state index is -1.11. The molecule has 0 saturated carbocycles. The van der Waals surface area contributed by atoms with E-state index in [1.54, 1.807) is 12.1 Å². The lowest BCUT2D eigenvalue weighted by Crippen LogP contribution is -2.28. The summed E-state index contributed by atoms with van der Waals surface area (Å²) < 4.78 is 23.3. The Morgan fingerprint density at radius 1 is 1.24 bits per heavy atom. The monoisotopic (exact) mass is 474 g/mol. The number of carbonyl (C=O) groups is 3. The number of carbonyl (C=O) groups excluding carboxylic acids is 2. The molecule has 2 amide bonds. The Bertz CT molecular complexity index is 1110. The number of hydrogen-bond acceptors (Lipinski definition) is 8. The number of aliphatic carboxylic acids is 1. The van der Waals surface area contributed by atoms with Crippen LogP contribution in [0.2, 0.25) is 0 Å². The van der Waals surface area contributed by atoms with E-state index in [0.717, 1.165) is 11.8 Å². The number of halogens is 1. The van der Waals surface area contributed by atoms with Gasteiger partial charge in [0.1, 0.15) is 11.1 Å². The zero-order chi connectivity index (χ0) is 23.8. The number of nitrogens with one attached hydrogen (secondary N) is 2. The van der Waals surface area contributed by atoms with Gasteiger partial charge in [0.2, 0.25) is 11.8 Å². The highest BCUT2D eigenvalue weighted by molar-refractivity contribution is 8.15. The van der Waals surface area contributed by atoms with Crippen LogP contribution in [-0.2, 0) is 14.4 Å². The third-order valence-corrected chi connectivity index (χ3v) is 5.24. The molecule has 1 fully saturated rings. The fourth-order valence-electron chi connectivity index (χ4n) is 2.67. The quantitative estimate of drug-likeness (QED) is 0.374. The maximum atomic E-state index is 12.9. The first-order valence-electron chi connectivity index (χ1n) is 9.50. The molecule has 12 heteroatoms. The van der Waals surface area contributed by atoms with Crippen molar-refractivity contribution in [3.63, 3.8) is 0 Å². The van der Waals surface area contributed by atoms with Crippen molar-refractivity contribution in [1.82, 2.24) is 5.32 Å². The summed E-state index contributed by atoms with van der Waals surface area (Å²) in [5.41, 5.74) is 1.03. The molecule has 1 aliphatic rings. The predicted octanol–water partition coefficient (Wildman–Crippen LogP) is 2.25. The van der Waals surface area contributed by atoms with Crippen molar-refractivity contribution in [2.45, 2.75) is 11.7 Å². The number of benzene rings is 2. The van der Waals surface area contributed by atoms with Crippen LogP contribution in [0.15, 0.2) is 52.7 Å². The summed E-state index contributed by atoms with van der Waals surface area (Å²) in [7, 11) is 1.42. The molecule has 3 rings (SSSR count). The molecule has 10 nitrogen and oxygen atoms in total. The molecule has 1 atom stereocenters. The SMILES string of the molecule is COc1cc(/C=N/N=C2\NC(=O)C(CC(=O)Nc3ccc(F)cc3)S2)ccc1OCC(=O)O. The second-order valence-electron chi connectivity index (χ2n) is 6.60. The maximum Gasteiger partial charge on any atom is 0.341 e. The largest absolute Gasteiger partial charge is 0.493 e. The van der Waals surface area contributed by atoms with Crippen molar-refractivity contribution in [2.75, 3.05) is 19.0 Å². The van der Waals surface area contributed by atoms with Gasteiger partial charge < -0.3 is 25.2 Å². The minimum Gasteiger partial charge on any atom is -0.493 e. The van der Waals surface area contributed by atoms with Crippen molar-refractivity contribution >= 4 is 46.6 Å². The van der Waals surface area contributed by atoms with Gasteiger partial charge in [0.05, 0.1) is 13.3 Å². The van der Waals surface area contributed by atoms with Crippen LogP contribution in [0.3, 0.4) is 0 Å². The molecule has 0 radical (unpaired) electrons. The van der Waals surface area contributed by atoms with E-state index in [9.17, 15) is 18.8 Å². The Hall–Kier alpha value is -3.93. The van der Waals surface area contributed by atoms with Gasteiger partial charge in [-0.15, -0.1) is 5.10 Å². The lowest BCUT2D eigenvalue weighted by Gasteiger charge is -2.09. The Morgan fingerprint density at radius 2 is 2.00 bits per heavy atom. The Labute approximate surface area is 191 Å². The van der Waals surface area contributed by atoms with E-state index in [0.29, 0.717) is 17.0 Å². The van der Waals surface area contributed by atoms with Crippen LogP contribution in [0.1, 0.15) is 12.0 Å². The summed E-state index contributed by atoms with van der Waals surface area (Å²) in [4.78, 5) is 34.9. The number of nitrogens with zero attached hydrogens (tertiary/aromatic N) is 2. The highest BCUT2D eigenvalue weighted by Gasteiger charge is 2.32. The first kappa shape index (κ1) is 23.7. The van der Waals surface area contributed by atoms with Gasteiger partial charge in [-0.1, -0.05) is 11.8 Å². The molecule has 3 N–H and O–H groups in total. The summed E-state index contributed by atoms with van der Waals surface area (Å²) in [6.07, 6.45) is 1.32. The predicted molar refractivity (Wildman–Crippen MR) is 120 cm³/mol. The maximum absolute atomic E-state index is 12.9. The van der Waals surface area contributed by atoms with Crippen molar-refractivity contribution < 1.29 is 33.4 Å². The van der Waals surface area contributed by atoms with E-state index in [1.165, 1.54) is 43.7 Å². The van der Waals surface area contributed by atoms with Gasteiger partial charge in [-0.05, 0) is 48.0 Å². The van der Waals surface area contributed by atoms with Gasteiger partial charge >= 0.3 is 5.97 Å². The van der Waals surface area contributed by atoms with Crippen LogP contribution in [0.4, 0.5) is 10.1 Å². The number of ether oxygens (including phenoxy) is 2. The summed E-state index contributed by atoms with van der Waals surface area (Å²) in [6, 6.07) is 10.1. The molecular formula is C21H19FN4O6S. The number of anilines is 1. The first-order valence-corrected chi connectivity index (χ1v) is 10.4. The molecule has 0 aliphatic carbocycles. The summed E-state index contributed by atoms with van der Waals surface area (Å²) in [5, 5.41) is 21.3. The Balaban J connectivity index is 1.56. The van der Waals surface area contributed by atoms with Crippen LogP contribution < -0.4 is 20.1 Å². The second-order valence-corrected chi connectivity index (χ2v) is 7.79. The Morgan fingerprint density at radius 3 is 2.70 bits per heavy atom. The van der Waals surface area contributed by atoms with E-state index in [-0.39, 0.29) is 23.2 Å². The van der Waals surface area contributed by atoms with Gasteiger partial charge in [-0.3, -0.25) is 9.59 Å². The topological polar surface area (TPSA) is 139 Å². The molecule has 172 valence electrons. The van der Waals surface area contributed by atoms with E-state index in [2.05, 4.69) is 20.8 Å². The normalized spacial score (nSPS) is 16.6. The molecule has 2 aromatic carbocycles. The van der Waals surface area contributed by atoms with Crippen LogP contribution in [0.25, 0.3) is 0 Å². The molecule has 1 unspecified atom stereocenters. The number of amidine groups is 1. The second kappa shape index (κ2) is 11.1. The molecule has 33 heavy (non-hydrogen) atoms. The smallest absolute Gasteiger partial charge is 0.341 e. The zero-order valence-electron chi connectivity index (χ0n) is 17.3. The van der Waals surface area contributed by atoms with Crippen LogP contribution >= 0.6 is 11.8 Å². The zero-order valence-corrected chi connectivity index (χ0v) is 18.1. The lowest BCUT2D eigenvalue weighted by molar-refractivity contribution is -0.139. The summed E-state index contributed by atoms with van der Waals surface area (Å²) in [5.74, 6) is -1.70. The highest BCUT2D eigenvalue weighted by Crippen LogP contribution is 2.27. The first-order chi connectivity index (χ1) is 15.8. The third-order valence-electron chi connectivity index (χ3n) is 4.17. The Kier molecular flexibility index (Phi) is 7.97. The molecule has 2 aromatic rings. The average Bonchev–Trinajstić information content (AvgIpc) is 3.12. The molecule has 0 bridgehead atoms. The van der Waals surface area contributed by atoms with Crippen molar-refractivity contribution in [2.24, 2.45) is 10.2 Å². The number of hydrogen-bond donors (Lipinski definition) is 3. The third kappa shape index (κ3) is 7.04. The number of thioether (sulfide) groups is 1. The molecule has 1 heterocycles. The minimum absolute atomic E-state index is 0.0917. The summed E-state index contributed by atoms with van der Waals surface area (Å²) >= 11 is 1.07. The van der Waals surface area contributed by atoms with Crippen molar-refractivity contribution in [3.05, 3.63) is 53.8 Å². The van der Waals surface area contributed by atoms with Gasteiger partial charge in [0.15, 0.2) is 23.3 Å². The lowest BCUT2D eigenvalue weighted by atomic mass is 10.2. The number of carboxylic acids is 1. The molecule has 1 aliphatic heterocycles. The van der Waals surface area contributed by atoms with Gasteiger partial charge in [-0.25, -0.2) is 9.18 Å². The number of methoxy groups -OCH3 is 1. The number of rotatable bonds is 9. The van der Waals surface area contributed by atoms with Crippen LogP contribution in [-0.4, -0.2) is 53.2 Å². The van der Waals surface area contributed by atoms with E-state index >= 15 is 0 Å². The fraction of sp³-hybridized carbons (Fsp3) is 0.190. The van der Waals surface area contributed by atoms with Crippen molar-refractivity contribution in [1.29, 1.82) is 0 Å². The number of amides is 2. The van der Waals surface area contributed by atoms with Crippen LogP contribution in [0, 0.1) is 5.82 Å². The molecule has 0 spiro atoms. The van der Waals surface area contributed by atoms with E-state index < -0.39 is 29.6 Å². The molecule has 1 saturated heterocycles. The number of carboxylic acid groups (broad SMARTS) is 1. The van der Waals surface area contributed by atoms with E-state index in [1.807, 2.05) is 0 Å². The standard InChI is InChI=1S/C21H19FN4O6S/c1-31-16-8-12(2-7-15(16)32-11-19(28)29)10-23-26-21-25-20(30)17(33-21)9-18(27)24-14-5-3-13(22)4-6-14/h2-8,10,17H,9,11H2,1H3,(H,24,27)(H,28,29)(H,25,26,30)/b23-10+. The van der Waals surface area contributed by atoms with Crippen LogP contribution in [0.5, 0.6) is 11.5 Å². The fourth-order valence-corrected chi connectivity index (χ4v) is 3.60. The molecular weight excluding hydrogens is 455 g/mol. The highest BCUT2D eigenvalue weighted by atomic mass is 32.2. The summed E-state index contributed by atoms with van der Waals surface area (Å²) in [6.45, 7) is -0.503. The van der Waals surface area contributed by atoms with Gasteiger partial charge in [0.25, 0.3) is 0 Å². The average molecular weight is 474 g/mol. The molecule has 0 aromatic heterocycles.